The van der Waals surface area contributed by atoms with Gasteiger partial charge in [-0.3, -0.25) is 0 Å². The molecule has 1 aromatic heterocycles. The second-order valence-electron chi connectivity index (χ2n) is 8.48. The third kappa shape index (κ3) is 3.68. The smallest absolute Gasteiger partial charge is 0.129 e. The van der Waals surface area contributed by atoms with Gasteiger partial charge in [0.25, 0.3) is 0 Å². The van der Waals surface area contributed by atoms with E-state index in [2.05, 4.69) is 91.6 Å². The van der Waals surface area contributed by atoms with Crippen molar-refractivity contribution in [1.29, 1.82) is 0 Å². The predicted molar refractivity (Wildman–Crippen MR) is 112 cm³/mol. The van der Waals surface area contributed by atoms with Gasteiger partial charge in [-0.25, -0.2) is 0 Å². The van der Waals surface area contributed by atoms with E-state index < -0.39 is 0 Å². The standard InChI is InChI=1S/C20H23Br2N3/c1-19(2,3)12-9-13(20(4,5)6)11-14(10-12)25-23-17-15(21)7-8-16(22)18(17)24-25/h7-11H,1-6H3. The number of benzene rings is 2. The van der Waals surface area contributed by atoms with Gasteiger partial charge in [0.1, 0.15) is 11.0 Å². The Bertz CT molecular complexity index is 873. The number of rotatable bonds is 1. The zero-order valence-electron chi connectivity index (χ0n) is 15.5. The van der Waals surface area contributed by atoms with Gasteiger partial charge in [0, 0.05) is 8.95 Å². The van der Waals surface area contributed by atoms with Crippen LogP contribution in [0.25, 0.3) is 16.7 Å². The lowest BCUT2D eigenvalue weighted by Gasteiger charge is -2.25. The number of fused-ring (bicyclic) bond motifs is 1. The minimum atomic E-state index is 0.0593. The third-order valence-corrected chi connectivity index (χ3v) is 5.60. The quantitative estimate of drug-likeness (QED) is 0.409. The summed E-state index contributed by atoms with van der Waals surface area (Å²) in [5.41, 5.74) is 5.39. The molecule has 0 saturated heterocycles. The molecule has 1 heterocycles. The molecule has 3 aromatic rings. The van der Waals surface area contributed by atoms with Gasteiger partial charge in [0.15, 0.2) is 0 Å². The summed E-state index contributed by atoms with van der Waals surface area (Å²) in [4.78, 5) is 1.74. The van der Waals surface area contributed by atoms with Crippen LogP contribution in [0, 0.1) is 0 Å². The Labute approximate surface area is 166 Å². The molecular formula is C20H23Br2N3. The summed E-state index contributed by atoms with van der Waals surface area (Å²) in [5, 5.41) is 9.44. The molecule has 5 heteroatoms. The molecule has 0 atom stereocenters. The van der Waals surface area contributed by atoms with Crippen molar-refractivity contribution in [2.75, 3.05) is 0 Å². The van der Waals surface area contributed by atoms with E-state index in [1.165, 1.54) is 11.1 Å². The number of halogens is 2. The van der Waals surface area contributed by atoms with Gasteiger partial charge in [-0.15, -0.1) is 10.2 Å². The van der Waals surface area contributed by atoms with Crippen LogP contribution in [0.3, 0.4) is 0 Å². The molecule has 0 aliphatic rings. The molecule has 3 rings (SSSR count). The van der Waals surface area contributed by atoms with Crippen molar-refractivity contribution in [2.24, 2.45) is 0 Å². The van der Waals surface area contributed by atoms with E-state index in [1.807, 2.05) is 12.1 Å². The molecule has 0 fully saturated rings. The van der Waals surface area contributed by atoms with Crippen LogP contribution in [0.2, 0.25) is 0 Å². The van der Waals surface area contributed by atoms with Crippen LogP contribution in [0.15, 0.2) is 39.3 Å². The van der Waals surface area contributed by atoms with E-state index in [0.29, 0.717) is 0 Å². The zero-order chi connectivity index (χ0) is 18.6. The summed E-state index contributed by atoms with van der Waals surface area (Å²) in [6.07, 6.45) is 0. The van der Waals surface area contributed by atoms with Crippen LogP contribution >= 0.6 is 31.9 Å². The van der Waals surface area contributed by atoms with E-state index in [4.69, 9.17) is 10.2 Å². The first-order chi connectivity index (χ1) is 11.5. The molecule has 0 unspecified atom stereocenters. The Balaban J connectivity index is 2.26. The minimum absolute atomic E-state index is 0.0593. The van der Waals surface area contributed by atoms with Crippen LogP contribution in [0.4, 0.5) is 0 Å². The van der Waals surface area contributed by atoms with E-state index >= 15 is 0 Å². The van der Waals surface area contributed by atoms with Crippen LogP contribution in [0.5, 0.6) is 0 Å². The van der Waals surface area contributed by atoms with Crippen LogP contribution in [0.1, 0.15) is 52.7 Å². The Kier molecular flexibility index (Phi) is 4.61. The second kappa shape index (κ2) is 6.20. The lowest BCUT2D eigenvalue weighted by molar-refractivity contribution is 0.566. The molecule has 0 aliphatic carbocycles. The molecule has 0 spiro atoms. The fourth-order valence-electron chi connectivity index (χ4n) is 2.64. The maximum Gasteiger partial charge on any atom is 0.129 e. The summed E-state index contributed by atoms with van der Waals surface area (Å²) >= 11 is 7.15. The predicted octanol–water partition coefficient (Wildman–Crippen LogP) is 6.54. The van der Waals surface area contributed by atoms with Crippen molar-refractivity contribution in [2.45, 2.75) is 52.4 Å². The lowest BCUT2D eigenvalue weighted by atomic mass is 9.80. The average molecular weight is 465 g/mol. The Hall–Kier alpha value is -1.20. The molecule has 0 saturated carbocycles. The molecule has 0 bridgehead atoms. The first-order valence-corrected chi connectivity index (χ1v) is 9.93. The first kappa shape index (κ1) is 18.6. The lowest BCUT2D eigenvalue weighted by Crippen LogP contribution is -2.17. The van der Waals surface area contributed by atoms with Crippen molar-refractivity contribution in [1.82, 2.24) is 15.0 Å². The highest BCUT2D eigenvalue weighted by atomic mass is 79.9. The summed E-state index contributed by atoms with van der Waals surface area (Å²) in [6.45, 7) is 13.4. The Morgan fingerprint density at radius 3 is 1.48 bits per heavy atom. The van der Waals surface area contributed by atoms with Gasteiger partial charge >= 0.3 is 0 Å². The van der Waals surface area contributed by atoms with Crippen molar-refractivity contribution in [3.8, 4) is 5.69 Å². The van der Waals surface area contributed by atoms with E-state index in [9.17, 15) is 0 Å². The summed E-state index contributed by atoms with van der Waals surface area (Å²) < 4.78 is 1.89. The van der Waals surface area contributed by atoms with Crippen molar-refractivity contribution >= 4 is 42.9 Å². The maximum atomic E-state index is 4.72. The number of hydrogen-bond donors (Lipinski definition) is 0. The molecule has 25 heavy (non-hydrogen) atoms. The highest BCUT2D eigenvalue weighted by Gasteiger charge is 2.22. The molecule has 0 N–H and O–H groups in total. The molecule has 3 nitrogen and oxygen atoms in total. The SMILES string of the molecule is CC(C)(C)c1cc(-n2nc3c(Br)ccc(Br)c3n2)cc(C(C)(C)C)c1. The molecule has 0 amide bonds. The average Bonchev–Trinajstić information content (AvgIpc) is 2.95. The van der Waals surface area contributed by atoms with Gasteiger partial charge in [-0.2, -0.15) is 4.80 Å². The third-order valence-electron chi connectivity index (χ3n) is 4.32. The van der Waals surface area contributed by atoms with Crippen LogP contribution in [-0.2, 0) is 10.8 Å². The van der Waals surface area contributed by atoms with Gasteiger partial charge in [0.2, 0.25) is 0 Å². The van der Waals surface area contributed by atoms with Gasteiger partial charge in [0.05, 0.1) is 5.69 Å². The highest BCUT2D eigenvalue weighted by Crippen LogP contribution is 2.32. The number of nitrogens with zero attached hydrogens (tertiary/aromatic N) is 3. The molecule has 2 aromatic carbocycles. The van der Waals surface area contributed by atoms with E-state index in [1.54, 1.807) is 4.80 Å². The Morgan fingerprint density at radius 2 is 1.12 bits per heavy atom. The topological polar surface area (TPSA) is 30.7 Å². The number of hydrogen-bond acceptors (Lipinski definition) is 2. The minimum Gasteiger partial charge on any atom is -0.150 e. The van der Waals surface area contributed by atoms with Crippen molar-refractivity contribution in [3.05, 3.63) is 50.4 Å². The largest absolute Gasteiger partial charge is 0.150 e. The number of aromatic nitrogens is 3. The molecule has 0 aliphatic heterocycles. The molecule has 0 radical (unpaired) electrons. The van der Waals surface area contributed by atoms with Gasteiger partial charge in [-0.05, 0) is 78.1 Å². The van der Waals surface area contributed by atoms with E-state index in [0.717, 1.165) is 25.7 Å². The second-order valence-corrected chi connectivity index (χ2v) is 10.2. The van der Waals surface area contributed by atoms with Gasteiger partial charge < -0.3 is 0 Å². The summed E-state index contributed by atoms with van der Waals surface area (Å²) in [5.74, 6) is 0. The molecular weight excluding hydrogens is 442 g/mol. The fraction of sp³-hybridized carbons (Fsp3) is 0.400. The highest BCUT2D eigenvalue weighted by molar-refractivity contribution is 9.11. The summed E-state index contributed by atoms with van der Waals surface area (Å²) in [6, 6.07) is 10.7. The van der Waals surface area contributed by atoms with Crippen molar-refractivity contribution < 1.29 is 0 Å². The molecule has 132 valence electrons. The fourth-order valence-corrected chi connectivity index (χ4v) is 3.44. The first-order valence-electron chi connectivity index (χ1n) is 8.34. The monoisotopic (exact) mass is 463 g/mol. The van der Waals surface area contributed by atoms with Gasteiger partial charge in [-0.1, -0.05) is 47.6 Å². The van der Waals surface area contributed by atoms with Crippen LogP contribution < -0.4 is 0 Å². The van der Waals surface area contributed by atoms with Crippen molar-refractivity contribution in [3.63, 3.8) is 0 Å². The maximum absolute atomic E-state index is 4.72. The Morgan fingerprint density at radius 1 is 0.720 bits per heavy atom. The van der Waals surface area contributed by atoms with E-state index in [-0.39, 0.29) is 10.8 Å². The zero-order valence-corrected chi connectivity index (χ0v) is 18.7. The summed E-state index contributed by atoms with van der Waals surface area (Å²) in [7, 11) is 0. The normalized spacial score (nSPS) is 12.8. The van der Waals surface area contributed by atoms with Crippen LogP contribution in [-0.4, -0.2) is 15.0 Å².